The topological polar surface area (TPSA) is 23.5 Å². The summed E-state index contributed by atoms with van der Waals surface area (Å²) in [6.07, 6.45) is -3.95. The number of para-hydroxylation sites is 1. The molecule has 2 aromatic carbocycles. The number of hydrogen-bond donors (Lipinski definition) is 1. The molecular weight excluding hydrogens is 334 g/mol. The average Bonchev–Trinajstić information content (AvgIpc) is 2.55. The molecule has 1 aliphatic heterocycles. The average molecular weight is 353 g/mol. The quantitative estimate of drug-likeness (QED) is 0.754. The molecule has 0 saturated heterocycles. The van der Waals surface area contributed by atoms with Crippen LogP contribution in [0.3, 0.4) is 0 Å². The van der Waals surface area contributed by atoms with Gasteiger partial charge < -0.3 is 10.0 Å². The lowest BCUT2D eigenvalue weighted by atomic mass is 9.77. The maximum atomic E-state index is 15.0. The molecule has 2 nitrogen and oxygen atoms in total. The number of anilines is 2. The van der Waals surface area contributed by atoms with E-state index < -0.39 is 24.2 Å². The van der Waals surface area contributed by atoms with Crippen LogP contribution in [0, 0.1) is 5.82 Å². The van der Waals surface area contributed by atoms with Crippen molar-refractivity contribution >= 4 is 11.4 Å². The zero-order chi connectivity index (χ0) is 18.4. The third-order valence-corrected chi connectivity index (χ3v) is 4.83. The van der Waals surface area contributed by atoms with Gasteiger partial charge in [0.1, 0.15) is 0 Å². The van der Waals surface area contributed by atoms with Crippen LogP contribution in [0.2, 0.25) is 0 Å². The lowest BCUT2D eigenvalue weighted by molar-refractivity contribution is -0.137. The van der Waals surface area contributed by atoms with Crippen molar-refractivity contribution in [2.45, 2.75) is 38.5 Å². The SMILES string of the molecule is CC1(C)CCN(c2ccccc2C(F)(F)F)c2c1ccc(CO)c2F. The number of aliphatic hydroxyl groups excluding tert-OH is 1. The van der Waals surface area contributed by atoms with Crippen LogP contribution in [0.25, 0.3) is 0 Å². The van der Waals surface area contributed by atoms with Gasteiger partial charge in [-0.05, 0) is 29.5 Å². The van der Waals surface area contributed by atoms with Crippen LogP contribution in [-0.4, -0.2) is 11.7 Å². The summed E-state index contributed by atoms with van der Waals surface area (Å²) in [7, 11) is 0. The van der Waals surface area contributed by atoms with E-state index in [9.17, 15) is 22.7 Å². The third-order valence-electron chi connectivity index (χ3n) is 4.83. The summed E-state index contributed by atoms with van der Waals surface area (Å²) in [6, 6.07) is 8.39. The maximum absolute atomic E-state index is 15.0. The van der Waals surface area contributed by atoms with E-state index in [4.69, 9.17) is 0 Å². The number of rotatable bonds is 2. The van der Waals surface area contributed by atoms with Crippen molar-refractivity contribution in [3.63, 3.8) is 0 Å². The standard InChI is InChI=1S/C19H19F4NO/c1-18(2)9-10-24(15-6-4-3-5-13(15)19(21,22)23)17-14(18)8-7-12(11-25)16(17)20/h3-8,25H,9-11H2,1-2H3. The van der Waals surface area contributed by atoms with E-state index in [2.05, 4.69) is 0 Å². The number of fused-ring (bicyclic) bond motifs is 1. The summed E-state index contributed by atoms with van der Waals surface area (Å²) >= 11 is 0. The van der Waals surface area contributed by atoms with E-state index in [1.165, 1.54) is 29.2 Å². The van der Waals surface area contributed by atoms with Crippen molar-refractivity contribution in [3.8, 4) is 0 Å². The summed E-state index contributed by atoms with van der Waals surface area (Å²) in [5, 5.41) is 9.35. The number of benzene rings is 2. The molecule has 6 heteroatoms. The molecule has 0 atom stereocenters. The Morgan fingerprint density at radius 2 is 1.80 bits per heavy atom. The van der Waals surface area contributed by atoms with Crippen molar-refractivity contribution in [2.75, 3.05) is 11.4 Å². The Balaban J connectivity index is 2.26. The van der Waals surface area contributed by atoms with Gasteiger partial charge in [-0.3, -0.25) is 0 Å². The van der Waals surface area contributed by atoms with Gasteiger partial charge in [0.15, 0.2) is 5.82 Å². The number of alkyl halides is 3. The van der Waals surface area contributed by atoms with Gasteiger partial charge in [-0.2, -0.15) is 13.2 Å². The Labute approximate surface area is 143 Å². The third kappa shape index (κ3) is 2.99. The van der Waals surface area contributed by atoms with Crippen molar-refractivity contribution in [1.29, 1.82) is 0 Å². The van der Waals surface area contributed by atoms with Crippen molar-refractivity contribution in [2.24, 2.45) is 0 Å². The van der Waals surface area contributed by atoms with Crippen LogP contribution in [0.1, 0.15) is 37.0 Å². The lowest BCUT2D eigenvalue weighted by Crippen LogP contribution is -2.36. The minimum absolute atomic E-state index is 0.0688. The molecule has 0 spiro atoms. The molecule has 3 rings (SSSR count). The van der Waals surface area contributed by atoms with E-state index >= 15 is 0 Å². The molecule has 0 saturated carbocycles. The zero-order valence-electron chi connectivity index (χ0n) is 14.0. The van der Waals surface area contributed by atoms with Gasteiger partial charge >= 0.3 is 6.18 Å². The Hall–Kier alpha value is -2.08. The smallest absolute Gasteiger partial charge is 0.392 e. The highest BCUT2D eigenvalue weighted by Gasteiger charge is 2.39. The van der Waals surface area contributed by atoms with E-state index in [1.807, 2.05) is 13.8 Å². The van der Waals surface area contributed by atoms with Gasteiger partial charge in [-0.25, -0.2) is 4.39 Å². The van der Waals surface area contributed by atoms with Crippen molar-refractivity contribution < 1.29 is 22.7 Å². The van der Waals surface area contributed by atoms with E-state index in [0.29, 0.717) is 12.0 Å². The molecule has 134 valence electrons. The van der Waals surface area contributed by atoms with E-state index in [1.54, 1.807) is 6.07 Å². The number of halogens is 4. The number of aliphatic hydroxyl groups is 1. The predicted octanol–water partition coefficient (Wildman–Crippen LogP) is 5.16. The fourth-order valence-corrected chi connectivity index (χ4v) is 3.37. The minimum Gasteiger partial charge on any atom is -0.392 e. The summed E-state index contributed by atoms with van der Waals surface area (Å²) in [5.74, 6) is -0.662. The minimum atomic E-state index is -4.53. The molecule has 0 bridgehead atoms. The first-order chi connectivity index (χ1) is 11.7. The first-order valence-corrected chi connectivity index (χ1v) is 8.03. The first kappa shape index (κ1) is 17.7. The largest absolute Gasteiger partial charge is 0.418 e. The van der Waals surface area contributed by atoms with Crippen LogP contribution < -0.4 is 4.90 Å². The molecule has 0 fully saturated rings. The van der Waals surface area contributed by atoms with Gasteiger partial charge in [-0.1, -0.05) is 38.1 Å². The second kappa shape index (κ2) is 6.02. The van der Waals surface area contributed by atoms with Gasteiger partial charge in [-0.15, -0.1) is 0 Å². The van der Waals surface area contributed by atoms with E-state index in [0.717, 1.165) is 6.07 Å². The van der Waals surface area contributed by atoms with Crippen LogP contribution in [0.5, 0.6) is 0 Å². The highest BCUT2D eigenvalue weighted by atomic mass is 19.4. The zero-order valence-corrected chi connectivity index (χ0v) is 14.0. The molecule has 1 N–H and O–H groups in total. The molecule has 0 radical (unpaired) electrons. The van der Waals surface area contributed by atoms with Gasteiger partial charge in [0.2, 0.25) is 0 Å². The molecular formula is C19H19F4NO. The summed E-state index contributed by atoms with van der Waals surface area (Å²) in [6.45, 7) is 3.64. The molecule has 0 amide bonds. The summed E-state index contributed by atoms with van der Waals surface area (Å²) < 4.78 is 55.2. The first-order valence-electron chi connectivity index (χ1n) is 8.03. The lowest BCUT2D eigenvalue weighted by Gasteiger charge is -2.41. The molecule has 0 aliphatic carbocycles. The van der Waals surface area contributed by atoms with Crippen LogP contribution >= 0.6 is 0 Å². The second-order valence-electron chi connectivity index (χ2n) is 6.89. The number of nitrogens with zero attached hydrogens (tertiary/aromatic N) is 1. The Kier molecular flexibility index (Phi) is 4.27. The summed E-state index contributed by atoms with van der Waals surface area (Å²) in [4.78, 5) is 1.39. The van der Waals surface area contributed by atoms with Crippen molar-refractivity contribution in [3.05, 3.63) is 58.9 Å². The van der Waals surface area contributed by atoms with Crippen LogP contribution in [0.15, 0.2) is 36.4 Å². The molecule has 25 heavy (non-hydrogen) atoms. The van der Waals surface area contributed by atoms with Gasteiger partial charge in [0.25, 0.3) is 0 Å². The monoisotopic (exact) mass is 353 g/mol. The Morgan fingerprint density at radius 3 is 2.44 bits per heavy atom. The van der Waals surface area contributed by atoms with Gasteiger partial charge in [0.05, 0.1) is 23.5 Å². The Bertz CT molecular complexity index is 798. The predicted molar refractivity (Wildman–Crippen MR) is 88.4 cm³/mol. The highest BCUT2D eigenvalue weighted by Crippen LogP contribution is 2.47. The van der Waals surface area contributed by atoms with Crippen LogP contribution in [0.4, 0.5) is 28.9 Å². The van der Waals surface area contributed by atoms with Gasteiger partial charge in [0, 0.05) is 12.1 Å². The summed E-state index contributed by atoms with van der Waals surface area (Å²) in [5.41, 5.74) is -0.389. The molecule has 1 heterocycles. The van der Waals surface area contributed by atoms with Crippen LogP contribution in [-0.2, 0) is 18.2 Å². The number of hydrogen-bond acceptors (Lipinski definition) is 2. The van der Waals surface area contributed by atoms with Crippen molar-refractivity contribution in [1.82, 2.24) is 0 Å². The Morgan fingerprint density at radius 1 is 1.12 bits per heavy atom. The molecule has 1 aliphatic rings. The maximum Gasteiger partial charge on any atom is 0.418 e. The molecule has 0 aromatic heterocycles. The molecule has 2 aromatic rings. The molecule has 0 unspecified atom stereocenters. The van der Waals surface area contributed by atoms with E-state index in [-0.39, 0.29) is 28.9 Å². The normalized spacial score (nSPS) is 16.7. The fraction of sp³-hybridized carbons (Fsp3) is 0.368. The fourth-order valence-electron chi connectivity index (χ4n) is 3.37. The highest BCUT2D eigenvalue weighted by molar-refractivity contribution is 5.73. The second-order valence-corrected chi connectivity index (χ2v) is 6.89.